The minimum absolute atomic E-state index is 0.220. The number of carbonyl (C=O) groups is 1. The molecular weight excluding hydrogens is 254 g/mol. The van der Waals surface area contributed by atoms with Crippen molar-refractivity contribution in [3.8, 4) is 5.75 Å². The molecule has 2 rings (SSSR count). The van der Waals surface area contributed by atoms with Crippen LogP contribution in [0.15, 0.2) is 28.7 Å². The molecule has 0 amide bonds. The lowest BCUT2D eigenvalue weighted by molar-refractivity contribution is -0.0109. The smallest absolute Gasteiger partial charge is 0.401 e. The molecular formula is C11H11N3O5. The van der Waals surface area contributed by atoms with Crippen molar-refractivity contribution in [3.05, 3.63) is 36.0 Å². The molecule has 0 saturated heterocycles. The van der Waals surface area contributed by atoms with Crippen LogP contribution in [-0.4, -0.2) is 28.5 Å². The molecule has 19 heavy (non-hydrogen) atoms. The lowest BCUT2D eigenvalue weighted by Crippen LogP contribution is -2.15. The van der Waals surface area contributed by atoms with Gasteiger partial charge in [-0.15, -0.1) is 15.4 Å². The first-order valence-corrected chi connectivity index (χ1v) is 5.25. The molecule has 0 atom stereocenters. The summed E-state index contributed by atoms with van der Waals surface area (Å²) in [6.07, 6.45) is 0. The van der Waals surface area contributed by atoms with Crippen molar-refractivity contribution in [1.29, 1.82) is 0 Å². The van der Waals surface area contributed by atoms with E-state index in [2.05, 4.69) is 15.0 Å². The Labute approximate surface area is 108 Å². The second kappa shape index (κ2) is 5.46. The van der Waals surface area contributed by atoms with Crippen LogP contribution < -0.4 is 9.96 Å². The average molecular weight is 265 g/mol. The van der Waals surface area contributed by atoms with Crippen molar-refractivity contribution < 1.29 is 24.0 Å². The van der Waals surface area contributed by atoms with Crippen LogP contribution in [-0.2, 0) is 4.84 Å². The van der Waals surface area contributed by atoms with Gasteiger partial charge in [-0.1, -0.05) is 0 Å². The van der Waals surface area contributed by atoms with Crippen molar-refractivity contribution >= 4 is 11.7 Å². The fraction of sp³-hybridized carbons (Fsp3) is 0.182. The van der Waals surface area contributed by atoms with Crippen LogP contribution in [0.25, 0.3) is 0 Å². The Morgan fingerprint density at radius 3 is 2.53 bits per heavy atom. The van der Waals surface area contributed by atoms with Gasteiger partial charge in [-0.25, -0.2) is 4.79 Å². The lowest BCUT2D eigenvalue weighted by Gasteiger charge is -2.12. The molecule has 1 aromatic heterocycles. The van der Waals surface area contributed by atoms with Gasteiger partial charge in [-0.3, -0.25) is 10.0 Å². The molecule has 0 saturated carbocycles. The van der Waals surface area contributed by atoms with E-state index in [9.17, 15) is 10.0 Å². The maximum Gasteiger partial charge on any atom is 0.401 e. The van der Waals surface area contributed by atoms with E-state index in [1.54, 1.807) is 6.92 Å². The highest BCUT2D eigenvalue weighted by Gasteiger charge is 2.16. The largest absolute Gasteiger partial charge is 0.419 e. The summed E-state index contributed by atoms with van der Waals surface area (Å²) in [5.74, 6) is -0.421. The van der Waals surface area contributed by atoms with E-state index in [-0.39, 0.29) is 17.5 Å². The normalized spacial score (nSPS) is 10.3. The molecule has 0 spiro atoms. The van der Waals surface area contributed by atoms with Crippen LogP contribution in [0.5, 0.6) is 5.75 Å². The van der Waals surface area contributed by atoms with Gasteiger partial charge in [0.15, 0.2) is 0 Å². The van der Waals surface area contributed by atoms with Gasteiger partial charge in [0.25, 0.3) is 0 Å². The Morgan fingerprint density at radius 2 is 2.00 bits per heavy atom. The third kappa shape index (κ3) is 3.06. The summed E-state index contributed by atoms with van der Waals surface area (Å²) < 4.78 is 9.94. The first-order chi connectivity index (χ1) is 9.10. The average Bonchev–Trinajstić information content (AvgIpc) is 2.85. The lowest BCUT2D eigenvalue weighted by atomic mass is 10.3. The Kier molecular flexibility index (Phi) is 3.74. The Balaban J connectivity index is 2.05. The van der Waals surface area contributed by atoms with E-state index in [0.29, 0.717) is 10.9 Å². The first-order valence-electron chi connectivity index (χ1n) is 5.25. The predicted molar refractivity (Wildman–Crippen MR) is 61.7 cm³/mol. The van der Waals surface area contributed by atoms with Crippen molar-refractivity contribution in [2.75, 3.05) is 12.3 Å². The van der Waals surface area contributed by atoms with Gasteiger partial charge >= 0.3 is 11.9 Å². The Hall–Kier alpha value is -2.45. The molecule has 1 heterocycles. The topological polar surface area (TPSA) is 97.9 Å². The minimum atomic E-state index is -0.749. The van der Waals surface area contributed by atoms with E-state index in [1.807, 2.05) is 0 Å². The third-order valence-electron chi connectivity index (χ3n) is 2.14. The number of carbonyl (C=O) groups excluding carboxylic acids is 1. The zero-order chi connectivity index (χ0) is 13.8. The van der Waals surface area contributed by atoms with E-state index < -0.39 is 5.97 Å². The summed E-state index contributed by atoms with van der Waals surface area (Å²) in [6.45, 7) is 1.57. The molecule has 1 N–H and O–H groups in total. The molecule has 0 radical (unpaired) electrons. The van der Waals surface area contributed by atoms with Crippen LogP contribution in [0.1, 0.15) is 16.6 Å². The molecule has 0 fully saturated rings. The molecule has 1 aromatic carbocycles. The summed E-state index contributed by atoms with van der Waals surface area (Å²) >= 11 is 0. The highest BCUT2D eigenvalue weighted by atomic mass is 16.9. The molecule has 0 aliphatic rings. The second-order valence-corrected chi connectivity index (χ2v) is 3.47. The van der Waals surface area contributed by atoms with Gasteiger partial charge in [-0.2, -0.15) is 0 Å². The Bertz CT molecular complexity index is 566. The fourth-order valence-electron chi connectivity index (χ4n) is 1.28. The molecule has 100 valence electrons. The second-order valence-electron chi connectivity index (χ2n) is 3.47. The quantitative estimate of drug-likeness (QED) is 0.502. The minimum Gasteiger partial charge on any atom is -0.419 e. The number of aromatic nitrogens is 2. The summed E-state index contributed by atoms with van der Waals surface area (Å²) in [5, 5.41) is 16.9. The summed E-state index contributed by atoms with van der Waals surface area (Å²) in [6, 6.07) is 5.98. The zero-order valence-corrected chi connectivity index (χ0v) is 10.2. The maximum atomic E-state index is 11.6. The molecule has 2 aromatic rings. The van der Waals surface area contributed by atoms with Crippen molar-refractivity contribution in [2.24, 2.45) is 0 Å². The zero-order valence-electron chi connectivity index (χ0n) is 10.2. The van der Waals surface area contributed by atoms with Crippen molar-refractivity contribution in [2.45, 2.75) is 6.92 Å². The summed E-state index contributed by atoms with van der Waals surface area (Å²) in [7, 11) is 1.31. The predicted octanol–water partition coefficient (Wildman–Crippen LogP) is 1.35. The van der Waals surface area contributed by atoms with Gasteiger partial charge in [0.1, 0.15) is 5.75 Å². The van der Waals surface area contributed by atoms with Crippen molar-refractivity contribution in [3.63, 3.8) is 0 Å². The molecule has 0 bridgehead atoms. The number of ether oxygens (including phenoxy) is 1. The first kappa shape index (κ1) is 13.0. The number of anilines is 1. The van der Waals surface area contributed by atoms with E-state index in [0.717, 1.165) is 0 Å². The third-order valence-corrected chi connectivity index (χ3v) is 2.14. The standard InChI is InChI=1S/C11H11N3O5/c1-7-12-13-10(18-7)11(15)19-9-5-3-8(4-6-9)14(16)17-2/h3-6,16H,1-2H3. The van der Waals surface area contributed by atoms with Gasteiger partial charge in [-0.05, 0) is 24.3 Å². The number of hydrogen-bond acceptors (Lipinski definition) is 8. The van der Waals surface area contributed by atoms with Crippen LogP contribution in [0.2, 0.25) is 0 Å². The fourth-order valence-corrected chi connectivity index (χ4v) is 1.28. The molecule has 8 nitrogen and oxygen atoms in total. The number of nitrogens with zero attached hydrogens (tertiary/aromatic N) is 3. The van der Waals surface area contributed by atoms with Gasteiger partial charge in [0.05, 0.1) is 12.8 Å². The number of benzene rings is 1. The summed E-state index contributed by atoms with van der Waals surface area (Å²) in [5.41, 5.74) is 0.385. The van der Waals surface area contributed by atoms with E-state index in [1.165, 1.54) is 31.4 Å². The molecule has 0 aliphatic carbocycles. The highest BCUT2D eigenvalue weighted by molar-refractivity contribution is 5.85. The van der Waals surface area contributed by atoms with Gasteiger partial charge in [0.2, 0.25) is 5.89 Å². The Morgan fingerprint density at radius 1 is 1.32 bits per heavy atom. The molecule has 0 aliphatic heterocycles. The molecule has 8 heteroatoms. The van der Waals surface area contributed by atoms with Crippen LogP contribution in [0, 0.1) is 6.92 Å². The van der Waals surface area contributed by atoms with E-state index >= 15 is 0 Å². The molecule has 0 unspecified atom stereocenters. The number of esters is 1. The maximum absolute atomic E-state index is 11.6. The van der Waals surface area contributed by atoms with Gasteiger partial charge < -0.3 is 9.15 Å². The number of aryl methyl sites for hydroxylation is 1. The summed E-state index contributed by atoms with van der Waals surface area (Å²) in [4.78, 5) is 16.2. The van der Waals surface area contributed by atoms with E-state index in [4.69, 9.17) is 9.15 Å². The monoisotopic (exact) mass is 265 g/mol. The van der Waals surface area contributed by atoms with Crippen molar-refractivity contribution in [1.82, 2.24) is 10.2 Å². The number of rotatable bonds is 4. The number of hydrogen-bond donors (Lipinski definition) is 1. The van der Waals surface area contributed by atoms with Crippen LogP contribution in [0.4, 0.5) is 5.69 Å². The highest BCUT2D eigenvalue weighted by Crippen LogP contribution is 2.19. The van der Waals surface area contributed by atoms with Crippen LogP contribution in [0.3, 0.4) is 0 Å². The van der Waals surface area contributed by atoms with Gasteiger partial charge in [0, 0.05) is 6.92 Å². The SMILES string of the molecule is CON(O)c1ccc(OC(=O)c2nnc(C)o2)cc1. The van der Waals surface area contributed by atoms with Crippen LogP contribution >= 0.6 is 0 Å².